The fourth-order valence-electron chi connectivity index (χ4n) is 4.43. The number of piperazine rings is 1. The maximum absolute atomic E-state index is 12.9. The van der Waals surface area contributed by atoms with E-state index < -0.39 is 0 Å². The van der Waals surface area contributed by atoms with Gasteiger partial charge >= 0.3 is 0 Å². The Morgan fingerprint density at radius 2 is 1.91 bits per heavy atom. The van der Waals surface area contributed by atoms with Gasteiger partial charge in [0.25, 0.3) is 5.56 Å². The van der Waals surface area contributed by atoms with E-state index in [1.807, 2.05) is 32.9 Å². The van der Waals surface area contributed by atoms with Gasteiger partial charge in [0, 0.05) is 42.8 Å². The van der Waals surface area contributed by atoms with E-state index in [2.05, 4.69) is 20.1 Å². The third-order valence-corrected chi connectivity index (χ3v) is 7.71. The Bertz CT molecular complexity index is 1280. The summed E-state index contributed by atoms with van der Waals surface area (Å²) in [4.78, 5) is 39.4. The van der Waals surface area contributed by atoms with Gasteiger partial charge in [0.05, 0.1) is 18.0 Å². The second-order valence-electron chi connectivity index (χ2n) is 8.81. The molecule has 0 saturated carbocycles. The van der Waals surface area contributed by atoms with Crippen molar-refractivity contribution < 1.29 is 14.3 Å². The Hall–Kier alpha value is -2.95. The SMILES string of the molecule is Cc1sc2nc(CN3CCN(C(C)C(=O)Nc4ccc5c(c4)OCCO5)CC3)[nH]c(=O)c2c1C. The van der Waals surface area contributed by atoms with E-state index in [9.17, 15) is 9.59 Å². The van der Waals surface area contributed by atoms with Crippen LogP contribution in [0, 0.1) is 13.8 Å². The van der Waals surface area contributed by atoms with E-state index in [1.165, 1.54) is 0 Å². The van der Waals surface area contributed by atoms with Crippen molar-refractivity contribution in [1.82, 2.24) is 19.8 Å². The Balaban J connectivity index is 1.17. The third kappa shape index (κ3) is 4.53. The minimum absolute atomic E-state index is 0.0509. The van der Waals surface area contributed by atoms with E-state index >= 15 is 0 Å². The first kappa shape index (κ1) is 22.8. The standard InChI is InChI=1S/C24H29N5O4S/c1-14-16(3)34-24-21(14)23(31)26-20(27-24)13-28-6-8-29(9-7-28)15(2)22(30)25-17-4-5-18-19(12-17)33-11-10-32-18/h4-5,12,15H,6-11,13H2,1-3H3,(H,25,30)(H,26,27,31). The van der Waals surface area contributed by atoms with Gasteiger partial charge in [-0.1, -0.05) is 0 Å². The number of benzene rings is 1. The van der Waals surface area contributed by atoms with Crippen molar-refractivity contribution in [2.24, 2.45) is 0 Å². The maximum Gasteiger partial charge on any atom is 0.259 e. The Morgan fingerprint density at radius 3 is 2.68 bits per heavy atom. The average Bonchev–Trinajstić information content (AvgIpc) is 3.12. The molecule has 0 aliphatic carbocycles. The average molecular weight is 484 g/mol. The third-order valence-electron chi connectivity index (χ3n) is 6.61. The number of thiophene rings is 1. The number of aryl methyl sites for hydroxylation is 2. The van der Waals surface area contributed by atoms with Crippen LogP contribution in [-0.4, -0.2) is 71.1 Å². The fourth-order valence-corrected chi connectivity index (χ4v) is 5.48. The molecule has 0 bridgehead atoms. The fraction of sp³-hybridized carbons (Fsp3) is 0.458. The predicted octanol–water partition coefficient (Wildman–Crippen LogP) is 2.52. The molecule has 2 aliphatic rings. The number of hydrogen-bond donors (Lipinski definition) is 2. The molecule has 34 heavy (non-hydrogen) atoms. The highest BCUT2D eigenvalue weighted by Crippen LogP contribution is 2.32. The van der Waals surface area contributed by atoms with Crippen molar-refractivity contribution in [2.75, 3.05) is 44.7 Å². The van der Waals surface area contributed by atoms with Crippen molar-refractivity contribution in [1.29, 1.82) is 0 Å². The highest BCUT2D eigenvalue weighted by atomic mass is 32.1. The quantitative estimate of drug-likeness (QED) is 0.575. The van der Waals surface area contributed by atoms with Gasteiger partial charge in [-0.2, -0.15) is 0 Å². The van der Waals surface area contributed by atoms with Crippen LogP contribution < -0.4 is 20.3 Å². The minimum Gasteiger partial charge on any atom is -0.486 e. The summed E-state index contributed by atoms with van der Waals surface area (Å²) in [6, 6.07) is 5.19. The number of hydrogen-bond acceptors (Lipinski definition) is 8. The van der Waals surface area contributed by atoms with Gasteiger partial charge < -0.3 is 19.8 Å². The summed E-state index contributed by atoms with van der Waals surface area (Å²) in [7, 11) is 0. The summed E-state index contributed by atoms with van der Waals surface area (Å²) < 4.78 is 11.1. The number of H-pyrrole nitrogens is 1. The molecule has 1 unspecified atom stereocenters. The van der Waals surface area contributed by atoms with E-state index in [1.54, 1.807) is 17.4 Å². The van der Waals surface area contributed by atoms with Crippen LogP contribution in [0.1, 0.15) is 23.2 Å². The van der Waals surface area contributed by atoms with E-state index in [-0.39, 0.29) is 17.5 Å². The molecule has 2 N–H and O–H groups in total. The van der Waals surface area contributed by atoms with Gasteiger partial charge in [-0.3, -0.25) is 19.4 Å². The highest BCUT2D eigenvalue weighted by molar-refractivity contribution is 7.18. The Kier molecular flexibility index (Phi) is 6.28. The van der Waals surface area contributed by atoms with Crippen LogP contribution >= 0.6 is 11.3 Å². The number of nitrogens with one attached hydrogen (secondary N) is 2. The molecule has 2 aliphatic heterocycles. The van der Waals surface area contributed by atoms with Gasteiger partial charge in [0.1, 0.15) is 23.9 Å². The van der Waals surface area contributed by atoms with Gasteiger partial charge in [-0.05, 0) is 38.5 Å². The summed E-state index contributed by atoms with van der Waals surface area (Å²) >= 11 is 1.57. The van der Waals surface area contributed by atoms with E-state index in [0.29, 0.717) is 48.2 Å². The van der Waals surface area contributed by atoms with Crippen LogP contribution in [0.5, 0.6) is 11.5 Å². The van der Waals surface area contributed by atoms with Crippen molar-refractivity contribution in [2.45, 2.75) is 33.4 Å². The monoisotopic (exact) mass is 483 g/mol. The summed E-state index contributed by atoms with van der Waals surface area (Å²) in [6.07, 6.45) is 0. The van der Waals surface area contributed by atoms with Gasteiger partial charge in [-0.15, -0.1) is 11.3 Å². The van der Waals surface area contributed by atoms with E-state index in [4.69, 9.17) is 14.5 Å². The number of anilines is 1. The van der Waals surface area contributed by atoms with Crippen LogP contribution in [0.25, 0.3) is 10.2 Å². The van der Waals surface area contributed by atoms with Crippen LogP contribution in [0.3, 0.4) is 0 Å². The van der Waals surface area contributed by atoms with Crippen molar-refractivity contribution in [3.05, 3.63) is 44.8 Å². The summed E-state index contributed by atoms with van der Waals surface area (Å²) in [6.45, 7) is 10.7. The number of amides is 1. The number of nitrogens with zero attached hydrogens (tertiary/aromatic N) is 3. The number of fused-ring (bicyclic) bond motifs is 2. The molecule has 10 heteroatoms. The smallest absolute Gasteiger partial charge is 0.259 e. The Labute approximate surface area is 201 Å². The molecule has 0 spiro atoms. The van der Waals surface area contributed by atoms with E-state index in [0.717, 1.165) is 41.5 Å². The molecule has 1 amide bonds. The van der Waals surface area contributed by atoms with Crippen LogP contribution in [-0.2, 0) is 11.3 Å². The molecule has 2 aromatic heterocycles. The lowest BCUT2D eigenvalue weighted by molar-refractivity contribution is -0.121. The summed E-state index contributed by atoms with van der Waals surface area (Å²) in [5.74, 6) is 2.00. The Morgan fingerprint density at radius 1 is 1.18 bits per heavy atom. The lowest BCUT2D eigenvalue weighted by atomic mass is 10.2. The zero-order chi connectivity index (χ0) is 23.8. The zero-order valence-corrected chi connectivity index (χ0v) is 20.5. The second-order valence-corrected chi connectivity index (χ2v) is 10.0. The number of carbonyl (C=O) groups excluding carboxylic acids is 1. The first-order chi connectivity index (χ1) is 16.4. The molecule has 4 heterocycles. The highest BCUT2D eigenvalue weighted by Gasteiger charge is 2.26. The van der Waals surface area contributed by atoms with Crippen LogP contribution in [0.15, 0.2) is 23.0 Å². The molecular formula is C24H29N5O4S. The summed E-state index contributed by atoms with van der Waals surface area (Å²) in [5.41, 5.74) is 1.64. The van der Waals surface area contributed by atoms with Gasteiger partial charge in [0.15, 0.2) is 11.5 Å². The first-order valence-electron chi connectivity index (χ1n) is 11.5. The normalized spacial score (nSPS) is 17.6. The van der Waals surface area contributed by atoms with Crippen LogP contribution in [0.4, 0.5) is 5.69 Å². The molecule has 9 nitrogen and oxygen atoms in total. The lowest BCUT2D eigenvalue weighted by Crippen LogP contribution is -2.52. The zero-order valence-electron chi connectivity index (χ0n) is 19.6. The molecule has 0 radical (unpaired) electrons. The lowest BCUT2D eigenvalue weighted by Gasteiger charge is -2.37. The number of aromatic nitrogens is 2. The molecule has 1 atom stereocenters. The maximum atomic E-state index is 12.9. The number of rotatable bonds is 5. The first-order valence-corrected chi connectivity index (χ1v) is 12.4. The largest absolute Gasteiger partial charge is 0.486 e. The molecule has 1 aromatic carbocycles. The topological polar surface area (TPSA) is 99.8 Å². The minimum atomic E-state index is -0.262. The van der Waals surface area contributed by atoms with Crippen molar-refractivity contribution in [3.63, 3.8) is 0 Å². The van der Waals surface area contributed by atoms with Crippen LogP contribution in [0.2, 0.25) is 0 Å². The van der Waals surface area contributed by atoms with Gasteiger partial charge in [-0.25, -0.2) is 4.98 Å². The van der Waals surface area contributed by atoms with Crippen molar-refractivity contribution in [3.8, 4) is 11.5 Å². The number of aromatic amines is 1. The van der Waals surface area contributed by atoms with Gasteiger partial charge in [0.2, 0.25) is 5.91 Å². The summed E-state index contributed by atoms with van der Waals surface area (Å²) in [5, 5.41) is 3.69. The molecule has 3 aromatic rings. The van der Waals surface area contributed by atoms with Crippen molar-refractivity contribution >= 4 is 33.1 Å². The number of ether oxygens (including phenoxy) is 2. The second kappa shape index (κ2) is 9.36. The predicted molar refractivity (Wildman–Crippen MR) is 132 cm³/mol. The molecule has 1 saturated heterocycles. The molecule has 5 rings (SSSR count). The number of carbonyl (C=O) groups is 1. The molecular weight excluding hydrogens is 454 g/mol. The molecule has 1 fully saturated rings. The molecule has 180 valence electrons.